The van der Waals surface area contributed by atoms with Gasteiger partial charge in [-0.15, -0.1) is 0 Å². The zero-order valence-electron chi connectivity index (χ0n) is 9.87. The predicted molar refractivity (Wildman–Crippen MR) is 70.1 cm³/mol. The summed E-state index contributed by atoms with van der Waals surface area (Å²) >= 11 is 1.32. The average Bonchev–Trinajstić information content (AvgIpc) is 2.46. The molecule has 2 rings (SSSR count). The number of methoxy groups -OCH3 is 1. The second-order valence-electron chi connectivity index (χ2n) is 3.48. The molecule has 0 fully saturated rings. The number of ketones is 1. The van der Waals surface area contributed by atoms with Crippen LogP contribution in [0.25, 0.3) is 0 Å². The molecule has 1 aromatic carbocycles. The number of carbonyl (C=O) groups excluding carboxylic acids is 1. The Morgan fingerprint density at radius 2 is 2.06 bits per heavy atom. The first kappa shape index (κ1) is 12.6. The highest BCUT2D eigenvalue weighted by Crippen LogP contribution is 2.17. The molecular weight excluding hydrogens is 248 g/mol. The van der Waals surface area contributed by atoms with Crippen LogP contribution in [0.1, 0.15) is 10.4 Å². The number of ether oxygens (including phenoxy) is 1. The van der Waals surface area contributed by atoms with Crippen LogP contribution >= 0.6 is 11.8 Å². The molecule has 0 saturated carbocycles. The van der Waals surface area contributed by atoms with E-state index in [-0.39, 0.29) is 5.78 Å². The summed E-state index contributed by atoms with van der Waals surface area (Å²) in [5.41, 5.74) is 0.637. The largest absolute Gasteiger partial charge is 0.497 e. The smallest absolute Gasteiger partial charge is 0.187 e. The first-order chi connectivity index (χ1) is 8.79. The van der Waals surface area contributed by atoms with Crippen molar-refractivity contribution in [1.29, 1.82) is 0 Å². The van der Waals surface area contributed by atoms with Gasteiger partial charge in [0, 0.05) is 18.0 Å². The molecule has 1 aromatic heterocycles. The SMILES string of the molecule is COc1cccc(C(=O)CSc2ncccn2)c1. The van der Waals surface area contributed by atoms with Crippen molar-refractivity contribution in [3.8, 4) is 5.75 Å². The molecule has 0 atom stereocenters. The van der Waals surface area contributed by atoms with Crippen molar-refractivity contribution >= 4 is 17.5 Å². The quantitative estimate of drug-likeness (QED) is 0.469. The lowest BCUT2D eigenvalue weighted by Gasteiger charge is -2.03. The predicted octanol–water partition coefficient (Wildman–Crippen LogP) is 2.46. The van der Waals surface area contributed by atoms with Crippen molar-refractivity contribution in [2.45, 2.75) is 5.16 Å². The molecule has 0 saturated heterocycles. The van der Waals surface area contributed by atoms with Gasteiger partial charge in [-0.25, -0.2) is 9.97 Å². The number of rotatable bonds is 5. The zero-order chi connectivity index (χ0) is 12.8. The second-order valence-corrected chi connectivity index (χ2v) is 4.42. The third kappa shape index (κ3) is 3.30. The molecule has 5 heteroatoms. The lowest BCUT2D eigenvalue weighted by Crippen LogP contribution is -2.03. The molecular formula is C13H12N2O2S. The van der Waals surface area contributed by atoms with E-state index in [2.05, 4.69) is 9.97 Å². The molecule has 0 amide bonds. The summed E-state index contributed by atoms with van der Waals surface area (Å²) in [5, 5.41) is 0.605. The Hall–Kier alpha value is -1.88. The van der Waals surface area contributed by atoms with Crippen LogP contribution < -0.4 is 4.74 Å². The Morgan fingerprint density at radius 3 is 2.78 bits per heavy atom. The molecule has 18 heavy (non-hydrogen) atoms. The van der Waals surface area contributed by atoms with Gasteiger partial charge in [-0.1, -0.05) is 23.9 Å². The van der Waals surface area contributed by atoms with Gasteiger partial charge in [0.25, 0.3) is 0 Å². The first-order valence-corrected chi connectivity index (χ1v) is 6.35. The topological polar surface area (TPSA) is 52.1 Å². The minimum absolute atomic E-state index is 0.0337. The number of carbonyl (C=O) groups is 1. The lowest BCUT2D eigenvalue weighted by atomic mass is 10.1. The van der Waals surface area contributed by atoms with Crippen molar-refractivity contribution in [3.05, 3.63) is 48.3 Å². The van der Waals surface area contributed by atoms with Gasteiger partial charge in [0.15, 0.2) is 10.9 Å². The van der Waals surface area contributed by atoms with E-state index in [1.807, 2.05) is 6.07 Å². The number of hydrogen-bond acceptors (Lipinski definition) is 5. The monoisotopic (exact) mass is 260 g/mol. The van der Waals surface area contributed by atoms with Crippen LogP contribution in [0.3, 0.4) is 0 Å². The minimum Gasteiger partial charge on any atom is -0.497 e. The van der Waals surface area contributed by atoms with Gasteiger partial charge in [0.05, 0.1) is 12.9 Å². The number of nitrogens with zero attached hydrogens (tertiary/aromatic N) is 2. The molecule has 1 heterocycles. The molecule has 0 bridgehead atoms. The summed E-state index contributed by atoms with van der Waals surface area (Å²) < 4.78 is 5.08. The Morgan fingerprint density at radius 1 is 1.28 bits per heavy atom. The summed E-state index contributed by atoms with van der Waals surface area (Å²) in [5.74, 6) is 1.03. The molecule has 0 radical (unpaired) electrons. The van der Waals surface area contributed by atoms with E-state index in [0.29, 0.717) is 22.2 Å². The van der Waals surface area contributed by atoms with Gasteiger partial charge in [0.1, 0.15) is 5.75 Å². The summed E-state index contributed by atoms with van der Waals surface area (Å²) in [7, 11) is 1.58. The van der Waals surface area contributed by atoms with Crippen LogP contribution in [-0.4, -0.2) is 28.6 Å². The molecule has 92 valence electrons. The van der Waals surface area contributed by atoms with Crippen LogP contribution in [0.2, 0.25) is 0 Å². The van der Waals surface area contributed by atoms with Gasteiger partial charge >= 0.3 is 0 Å². The number of thioether (sulfide) groups is 1. The zero-order valence-corrected chi connectivity index (χ0v) is 10.7. The molecule has 0 aliphatic carbocycles. The van der Waals surface area contributed by atoms with E-state index in [1.54, 1.807) is 43.8 Å². The van der Waals surface area contributed by atoms with Crippen LogP contribution in [-0.2, 0) is 0 Å². The third-order valence-electron chi connectivity index (χ3n) is 2.27. The van der Waals surface area contributed by atoms with Crippen molar-refractivity contribution in [2.24, 2.45) is 0 Å². The third-order valence-corrected chi connectivity index (χ3v) is 3.14. The Kier molecular flexibility index (Phi) is 4.30. The van der Waals surface area contributed by atoms with Gasteiger partial charge in [-0.3, -0.25) is 4.79 Å². The highest BCUT2D eigenvalue weighted by Gasteiger charge is 2.08. The van der Waals surface area contributed by atoms with Crippen LogP contribution in [0.15, 0.2) is 47.9 Å². The molecule has 2 aromatic rings. The Labute approximate surface area is 109 Å². The van der Waals surface area contributed by atoms with E-state index in [4.69, 9.17) is 4.74 Å². The van der Waals surface area contributed by atoms with E-state index >= 15 is 0 Å². The van der Waals surface area contributed by atoms with E-state index in [1.165, 1.54) is 11.8 Å². The highest BCUT2D eigenvalue weighted by atomic mass is 32.2. The summed E-state index contributed by atoms with van der Waals surface area (Å²) in [6.07, 6.45) is 3.32. The van der Waals surface area contributed by atoms with Crippen LogP contribution in [0, 0.1) is 0 Å². The standard InChI is InChI=1S/C13H12N2O2S/c1-17-11-5-2-4-10(8-11)12(16)9-18-13-14-6-3-7-15-13/h2-8H,9H2,1H3. The fraction of sp³-hybridized carbons (Fsp3) is 0.154. The molecule has 0 spiro atoms. The van der Waals surface area contributed by atoms with Crippen molar-refractivity contribution in [1.82, 2.24) is 9.97 Å². The normalized spacial score (nSPS) is 10.1. The van der Waals surface area contributed by atoms with Crippen molar-refractivity contribution < 1.29 is 9.53 Å². The summed E-state index contributed by atoms with van der Waals surface area (Å²) in [6, 6.07) is 8.86. The number of Topliss-reactive ketones (excluding diaryl/α,β-unsaturated/α-hetero) is 1. The van der Waals surface area contributed by atoms with Gasteiger partial charge < -0.3 is 4.74 Å². The average molecular weight is 260 g/mol. The van der Waals surface area contributed by atoms with Crippen molar-refractivity contribution in [2.75, 3.05) is 12.9 Å². The highest BCUT2D eigenvalue weighted by molar-refractivity contribution is 7.99. The molecule has 0 unspecified atom stereocenters. The molecule has 0 aliphatic rings. The molecule has 0 N–H and O–H groups in total. The lowest BCUT2D eigenvalue weighted by molar-refractivity contribution is 0.102. The maximum atomic E-state index is 12.0. The van der Waals surface area contributed by atoms with E-state index in [0.717, 1.165) is 0 Å². The fourth-order valence-corrected chi connectivity index (χ4v) is 2.07. The Balaban J connectivity index is 1.99. The second kappa shape index (κ2) is 6.16. The van der Waals surface area contributed by atoms with Gasteiger partial charge in [0.2, 0.25) is 0 Å². The maximum Gasteiger partial charge on any atom is 0.187 e. The van der Waals surface area contributed by atoms with Crippen LogP contribution in [0.5, 0.6) is 5.75 Å². The molecule has 4 nitrogen and oxygen atoms in total. The van der Waals surface area contributed by atoms with Crippen LogP contribution in [0.4, 0.5) is 0 Å². The van der Waals surface area contributed by atoms with Gasteiger partial charge in [-0.05, 0) is 18.2 Å². The van der Waals surface area contributed by atoms with E-state index in [9.17, 15) is 4.79 Å². The number of benzene rings is 1. The summed E-state index contributed by atoms with van der Waals surface area (Å²) in [4.78, 5) is 20.1. The first-order valence-electron chi connectivity index (χ1n) is 5.36. The van der Waals surface area contributed by atoms with Crippen molar-refractivity contribution in [3.63, 3.8) is 0 Å². The minimum atomic E-state index is 0.0337. The van der Waals surface area contributed by atoms with E-state index < -0.39 is 0 Å². The number of hydrogen-bond donors (Lipinski definition) is 0. The van der Waals surface area contributed by atoms with Gasteiger partial charge in [-0.2, -0.15) is 0 Å². The number of aromatic nitrogens is 2. The Bertz CT molecular complexity index is 532. The fourth-order valence-electron chi connectivity index (χ4n) is 1.37. The maximum absolute atomic E-state index is 12.0. The summed E-state index contributed by atoms with van der Waals surface area (Å²) in [6.45, 7) is 0. The molecule has 0 aliphatic heterocycles.